The van der Waals surface area contributed by atoms with Crippen molar-refractivity contribution >= 4 is 33.5 Å². The van der Waals surface area contributed by atoms with Crippen LogP contribution in [-0.4, -0.2) is 24.2 Å². The summed E-state index contributed by atoms with van der Waals surface area (Å²) in [6, 6.07) is 12.5. The molecule has 182 valence electrons. The van der Waals surface area contributed by atoms with Crippen molar-refractivity contribution in [2.24, 2.45) is 5.14 Å². The van der Waals surface area contributed by atoms with Crippen LogP contribution in [0.25, 0.3) is 5.69 Å². The van der Waals surface area contributed by atoms with Gasteiger partial charge in [0.1, 0.15) is 5.82 Å². The molecule has 0 aliphatic carbocycles. The highest BCUT2D eigenvalue weighted by molar-refractivity contribution is 7.87. The molecule has 12 heteroatoms. The van der Waals surface area contributed by atoms with Crippen LogP contribution in [0, 0.1) is 5.82 Å². The largest absolute Gasteiger partial charge is 0.332 e. The normalized spacial score (nSPS) is 11.9. The Labute approximate surface area is 202 Å². The van der Waals surface area contributed by atoms with Gasteiger partial charge < -0.3 is 10.6 Å². The van der Waals surface area contributed by atoms with Crippen LogP contribution >= 0.6 is 11.6 Å². The molecule has 34 heavy (non-hydrogen) atoms. The first-order valence-corrected chi connectivity index (χ1v) is 12.2. The quantitative estimate of drug-likeness (QED) is 0.388. The Morgan fingerprint density at radius 3 is 2.50 bits per heavy atom. The molecule has 0 aliphatic rings. The van der Waals surface area contributed by atoms with Crippen molar-refractivity contribution in [2.75, 3.05) is 5.32 Å². The van der Waals surface area contributed by atoms with Gasteiger partial charge in [0.25, 0.3) is 10.2 Å². The lowest BCUT2D eigenvalue weighted by molar-refractivity contribution is 0.251. The van der Waals surface area contributed by atoms with Gasteiger partial charge in [-0.25, -0.2) is 19.0 Å². The highest BCUT2D eigenvalue weighted by atomic mass is 35.5. The fourth-order valence-corrected chi connectivity index (χ4v) is 3.58. The Morgan fingerprint density at radius 2 is 1.88 bits per heavy atom. The van der Waals surface area contributed by atoms with E-state index < -0.39 is 22.1 Å². The number of nitrogens with zero attached hydrogens (tertiary/aromatic N) is 2. The third-order valence-corrected chi connectivity index (χ3v) is 5.59. The average molecular weight is 509 g/mol. The molecule has 1 heterocycles. The van der Waals surface area contributed by atoms with E-state index in [1.807, 2.05) is 43.7 Å². The third-order valence-electron chi connectivity index (χ3n) is 4.81. The molecule has 0 radical (unpaired) electrons. The average Bonchev–Trinajstić information content (AvgIpc) is 3.16. The van der Waals surface area contributed by atoms with Gasteiger partial charge in [0, 0.05) is 28.2 Å². The second-order valence-electron chi connectivity index (χ2n) is 8.64. The molecule has 3 aromatic rings. The van der Waals surface area contributed by atoms with Gasteiger partial charge in [-0.2, -0.15) is 18.2 Å². The van der Waals surface area contributed by atoms with Gasteiger partial charge in [-0.3, -0.25) is 0 Å². The SMILES string of the molecule is CC(C)(C)c1cc(CNC(=O)Nc2ccc(CNS(N)(=O)=O)c(F)c2)n(-c2cccc(Cl)c2)n1. The van der Waals surface area contributed by atoms with Crippen LogP contribution in [0.15, 0.2) is 48.5 Å². The molecule has 3 rings (SSSR count). The van der Waals surface area contributed by atoms with Gasteiger partial charge in [0.05, 0.1) is 23.6 Å². The molecule has 1 aromatic heterocycles. The Bertz CT molecular complexity index is 1300. The van der Waals surface area contributed by atoms with E-state index >= 15 is 0 Å². The molecular formula is C22H26ClFN6O3S. The Balaban J connectivity index is 1.71. The molecule has 9 nitrogen and oxygen atoms in total. The zero-order chi connectivity index (χ0) is 25.1. The van der Waals surface area contributed by atoms with Crippen LogP contribution < -0.4 is 20.5 Å². The summed E-state index contributed by atoms with van der Waals surface area (Å²) in [7, 11) is -3.95. The molecule has 0 fully saturated rings. The van der Waals surface area contributed by atoms with Crippen molar-refractivity contribution in [3.63, 3.8) is 0 Å². The van der Waals surface area contributed by atoms with Crippen LogP contribution in [-0.2, 0) is 28.7 Å². The second kappa shape index (κ2) is 10.1. The first kappa shape index (κ1) is 25.6. The first-order chi connectivity index (χ1) is 15.8. The zero-order valence-electron chi connectivity index (χ0n) is 18.9. The number of hydrogen-bond acceptors (Lipinski definition) is 4. The number of carbonyl (C=O) groups excluding carboxylic acids is 1. The highest BCUT2D eigenvalue weighted by Gasteiger charge is 2.21. The van der Waals surface area contributed by atoms with E-state index in [-0.39, 0.29) is 29.8 Å². The van der Waals surface area contributed by atoms with Crippen molar-refractivity contribution < 1.29 is 17.6 Å². The van der Waals surface area contributed by atoms with Gasteiger partial charge in [-0.05, 0) is 36.4 Å². The fourth-order valence-electron chi connectivity index (χ4n) is 3.04. The zero-order valence-corrected chi connectivity index (χ0v) is 20.5. The maximum Gasteiger partial charge on any atom is 0.319 e. The van der Waals surface area contributed by atoms with E-state index in [9.17, 15) is 17.6 Å². The number of aromatic nitrogens is 2. The van der Waals surface area contributed by atoms with Crippen molar-refractivity contribution in [1.82, 2.24) is 19.8 Å². The maximum atomic E-state index is 14.2. The van der Waals surface area contributed by atoms with Gasteiger partial charge in [-0.15, -0.1) is 0 Å². The summed E-state index contributed by atoms with van der Waals surface area (Å²) >= 11 is 6.14. The fraction of sp³-hybridized carbons (Fsp3) is 0.273. The molecule has 0 spiro atoms. The highest BCUT2D eigenvalue weighted by Crippen LogP contribution is 2.25. The number of amides is 2. The van der Waals surface area contributed by atoms with Crippen LogP contribution in [0.1, 0.15) is 37.7 Å². The van der Waals surface area contributed by atoms with E-state index in [1.54, 1.807) is 16.8 Å². The standard InChI is InChI=1S/C22H26ClFN6O3S/c1-22(2,3)20-11-18(30(29-20)17-6-4-5-15(23)9-17)13-26-21(31)28-16-8-7-14(19(24)10-16)12-27-34(25,32)33/h4-11,27H,12-13H2,1-3H3,(H2,25,32,33)(H2,26,28,31). The van der Waals surface area contributed by atoms with Crippen molar-refractivity contribution in [3.05, 3.63) is 76.3 Å². The summed E-state index contributed by atoms with van der Waals surface area (Å²) in [5, 5.41) is 15.4. The Hall–Kier alpha value is -2.99. The maximum absolute atomic E-state index is 14.2. The van der Waals surface area contributed by atoms with Crippen LogP contribution in [0.4, 0.5) is 14.9 Å². The number of halogens is 2. The number of benzene rings is 2. The van der Waals surface area contributed by atoms with Crippen molar-refractivity contribution in [1.29, 1.82) is 0 Å². The second-order valence-corrected chi connectivity index (χ2v) is 10.5. The van der Waals surface area contributed by atoms with Gasteiger partial charge in [0.2, 0.25) is 0 Å². The lowest BCUT2D eigenvalue weighted by Gasteiger charge is -2.14. The molecule has 0 saturated heterocycles. The minimum Gasteiger partial charge on any atom is -0.332 e. The molecule has 0 saturated carbocycles. The number of hydrogen-bond donors (Lipinski definition) is 4. The van der Waals surface area contributed by atoms with Crippen LogP contribution in [0.3, 0.4) is 0 Å². The molecule has 2 aromatic carbocycles. The van der Waals surface area contributed by atoms with Crippen molar-refractivity contribution in [2.45, 2.75) is 39.3 Å². The summed E-state index contributed by atoms with van der Waals surface area (Å²) in [6.45, 7) is 5.97. The minimum atomic E-state index is -3.95. The predicted molar refractivity (Wildman–Crippen MR) is 129 cm³/mol. The van der Waals surface area contributed by atoms with Gasteiger partial charge >= 0.3 is 6.03 Å². The van der Waals surface area contributed by atoms with E-state index in [4.69, 9.17) is 16.7 Å². The molecule has 0 bridgehead atoms. The molecule has 0 unspecified atom stereocenters. The monoisotopic (exact) mass is 508 g/mol. The first-order valence-electron chi connectivity index (χ1n) is 10.3. The van der Waals surface area contributed by atoms with E-state index in [0.717, 1.165) is 23.1 Å². The summed E-state index contributed by atoms with van der Waals surface area (Å²) in [4.78, 5) is 12.4. The van der Waals surface area contributed by atoms with Gasteiger partial charge in [0.15, 0.2) is 0 Å². The topological polar surface area (TPSA) is 131 Å². The van der Waals surface area contributed by atoms with Crippen molar-refractivity contribution in [3.8, 4) is 5.69 Å². The smallest absolute Gasteiger partial charge is 0.319 e. The summed E-state index contributed by atoms with van der Waals surface area (Å²) in [5.74, 6) is -0.692. The van der Waals surface area contributed by atoms with Crippen LogP contribution in [0.5, 0.6) is 0 Å². The number of urea groups is 1. The number of carbonyl (C=O) groups is 1. The minimum absolute atomic E-state index is 0.0834. The van der Waals surface area contributed by atoms with Gasteiger partial charge in [-0.1, -0.05) is 44.5 Å². The Morgan fingerprint density at radius 1 is 1.15 bits per heavy atom. The summed E-state index contributed by atoms with van der Waals surface area (Å²) in [5.41, 5.74) is 2.41. The lowest BCUT2D eigenvalue weighted by atomic mass is 9.92. The number of nitrogens with two attached hydrogens (primary N) is 1. The lowest BCUT2D eigenvalue weighted by Crippen LogP contribution is -2.30. The predicted octanol–water partition coefficient (Wildman–Crippen LogP) is 3.58. The number of rotatable bonds is 7. The summed E-state index contributed by atoms with van der Waals surface area (Å²) < 4.78 is 39.9. The number of anilines is 1. The molecule has 0 aliphatic heterocycles. The molecular weight excluding hydrogens is 483 g/mol. The van der Waals surface area contributed by atoms with Crippen LogP contribution in [0.2, 0.25) is 5.02 Å². The molecule has 5 N–H and O–H groups in total. The third kappa shape index (κ3) is 7.00. The molecule has 2 amide bonds. The number of nitrogens with one attached hydrogen (secondary N) is 3. The molecule has 0 atom stereocenters. The Kier molecular flexibility index (Phi) is 7.61. The van der Waals surface area contributed by atoms with E-state index in [2.05, 4.69) is 15.7 Å². The van der Waals surface area contributed by atoms with E-state index in [1.165, 1.54) is 12.1 Å². The summed E-state index contributed by atoms with van der Waals surface area (Å²) in [6.07, 6.45) is 0. The van der Waals surface area contributed by atoms with E-state index in [0.29, 0.717) is 5.02 Å².